The Hall–Kier alpha value is -1.48. The van der Waals surface area contributed by atoms with Crippen molar-refractivity contribution in [3.05, 3.63) is 41.0 Å². The largest absolute Gasteiger partial charge is 0.626 e. The zero-order valence-corrected chi connectivity index (χ0v) is 9.33. The smallest absolute Gasteiger partial charge is 0.240 e. The molecule has 1 heterocycles. The molecule has 0 saturated carbocycles. The molecule has 0 amide bonds. The SMILES string of the molecule is NS(=O)(=O)c1ccc(C2=COC[NH+]2[O-])cc1F. The minimum absolute atomic E-state index is 0.0894. The first-order chi connectivity index (χ1) is 7.89. The van der Waals surface area contributed by atoms with Gasteiger partial charge in [0.15, 0.2) is 12.0 Å². The maximum absolute atomic E-state index is 13.5. The molecule has 0 saturated heterocycles. The quantitative estimate of drug-likeness (QED) is 0.676. The van der Waals surface area contributed by atoms with Gasteiger partial charge in [0.1, 0.15) is 10.7 Å². The van der Waals surface area contributed by atoms with Crippen LogP contribution in [0.1, 0.15) is 5.56 Å². The zero-order chi connectivity index (χ0) is 12.6. The Bertz CT molecular complexity index is 585. The standard InChI is InChI=1S/C9H9FN2O4S/c10-7-3-6(8-4-16-5-12(8)13)1-2-9(7)17(11,14)15/h1-4,12H,5H2,(H2,11,14,15). The van der Waals surface area contributed by atoms with Gasteiger partial charge in [-0.15, -0.1) is 0 Å². The summed E-state index contributed by atoms with van der Waals surface area (Å²) in [7, 11) is -4.10. The van der Waals surface area contributed by atoms with Crippen LogP contribution in [-0.4, -0.2) is 15.1 Å². The Morgan fingerprint density at radius 1 is 1.47 bits per heavy atom. The number of primary sulfonamides is 1. The molecule has 1 aromatic rings. The number of ether oxygens (including phenoxy) is 1. The minimum atomic E-state index is -4.10. The number of halogens is 1. The molecule has 1 aliphatic heterocycles. The predicted molar refractivity (Wildman–Crippen MR) is 56.0 cm³/mol. The van der Waals surface area contributed by atoms with Crippen molar-refractivity contribution in [3.63, 3.8) is 0 Å². The van der Waals surface area contributed by atoms with Gasteiger partial charge >= 0.3 is 0 Å². The van der Waals surface area contributed by atoms with Gasteiger partial charge in [-0.05, 0) is 18.2 Å². The molecular formula is C9H9FN2O4S. The fraction of sp³-hybridized carbons (Fsp3) is 0.111. The average Bonchev–Trinajstić information content (AvgIpc) is 2.62. The van der Waals surface area contributed by atoms with E-state index in [9.17, 15) is 18.0 Å². The van der Waals surface area contributed by atoms with E-state index in [4.69, 9.17) is 9.88 Å². The van der Waals surface area contributed by atoms with Crippen molar-refractivity contribution >= 4 is 15.7 Å². The summed E-state index contributed by atoms with van der Waals surface area (Å²) in [6.45, 7) is -0.0894. The summed E-state index contributed by atoms with van der Waals surface area (Å²) in [5, 5.41) is 15.8. The molecule has 1 atom stereocenters. The molecule has 1 unspecified atom stereocenters. The second kappa shape index (κ2) is 4.08. The monoisotopic (exact) mass is 260 g/mol. The lowest BCUT2D eigenvalue weighted by Crippen LogP contribution is -3.03. The number of sulfonamides is 1. The number of nitrogens with one attached hydrogen (secondary N) is 1. The minimum Gasteiger partial charge on any atom is -0.626 e. The van der Waals surface area contributed by atoms with Gasteiger partial charge in [-0.25, -0.2) is 17.9 Å². The van der Waals surface area contributed by atoms with Crippen LogP contribution in [0.15, 0.2) is 29.4 Å². The van der Waals surface area contributed by atoms with Crippen LogP contribution in [0.25, 0.3) is 5.70 Å². The van der Waals surface area contributed by atoms with E-state index in [1.807, 2.05) is 0 Å². The molecule has 6 nitrogen and oxygen atoms in total. The lowest BCUT2D eigenvalue weighted by Gasteiger charge is -2.16. The second-order valence-electron chi connectivity index (χ2n) is 3.46. The molecule has 17 heavy (non-hydrogen) atoms. The number of hydroxylamine groups is 2. The Kier molecular flexibility index (Phi) is 2.87. The summed E-state index contributed by atoms with van der Waals surface area (Å²) < 4.78 is 40.2. The van der Waals surface area contributed by atoms with Crippen molar-refractivity contribution < 1.29 is 22.6 Å². The predicted octanol–water partition coefficient (Wildman–Crippen LogP) is -0.858. The van der Waals surface area contributed by atoms with Crippen molar-refractivity contribution in [1.29, 1.82) is 0 Å². The Labute approximate surface area is 96.7 Å². The average molecular weight is 260 g/mol. The van der Waals surface area contributed by atoms with Gasteiger partial charge in [0.2, 0.25) is 16.8 Å². The summed E-state index contributed by atoms with van der Waals surface area (Å²) in [6, 6.07) is 3.27. The molecule has 0 bridgehead atoms. The van der Waals surface area contributed by atoms with Gasteiger partial charge in [-0.3, -0.25) is 0 Å². The summed E-state index contributed by atoms with van der Waals surface area (Å²) in [6.07, 6.45) is 1.22. The van der Waals surface area contributed by atoms with Gasteiger partial charge in [-0.2, -0.15) is 0 Å². The van der Waals surface area contributed by atoms with Crippen LogP contribution < -0.4 is 10.2 Å². The Morgan fingerprint density at radius 2 is 2.18 bits per heavy atom. The third kappa shape index (κ3) is 2.29. The number of hydrogen-bond donors (Lipinski definition) is 2. The van der Waals surface area contributed by atoms with Crippen molar-refractivity contribution in [2.75, 3.05) is 6.73 Å². The van der Waals surface area contributed by atoms with Crippen LogP contribution in [0.4, 0.5) is 4.39 Å². The second-order valence-corrected chi connectivity index (χ2v) is 4.99. The molecule has 8 heteroatoms. The Balaban J connectivity index is 2.45. The molecule has 3 N–H and O–H groups in total. The summed E-state index contributed by atoms with van der Waals surface area (Å²) in [4.78, 5) is -0.604. The van der Waals surface area contributed by atoms with Gasteiger partial charge < -0.3 is 15.0 Å². The zero-order valence-electron chi connectivity index (χ0n) is 8.51. The molecule has 0 aliphatic carbocycles. The first-order valence-corrected chi connectivity index (χ1v) is 6.12. The van der Waals surface area contributed by atoms with Crippen LogP contribution in [0.2, 0.25) is 0 Å². The molecule has 0 aromatic heterocycles. The van der Waals surface area contributed by atoms with E-state index >= 15 is 0 Å². The van der Waals surface area contributed by atoms with Gasteiger partial charge in [0, 0.05) is 5.56 Å². The van der Waals surface area contributed by atoms with E-state index in [-0.39, 0.29) is 23.1 Å². The third-order valence-electron chi connectivity index (χ3n) is 2.27. The molecule has 0 radical (unpaired) electrons. The van der Waals surface area contributed by atoms with Crippen molar-refractivity contribution in [1.82, 2.24) is 0 Å². The lowest BCUT2D eigenvalue weighted by atomic mass is 10.1. The first-order valence-electron chi connectivity index (χ1n) is 4.57. The van der Waals surface area contributed by atoms with E-state index in [0.29, 0.717) is 0 Å². The van der Waals surface area contributed by atoms with Gasteiger partial charge in [0.05, 0.1) is 0 Å². The maximum atomic E-state index is 13.5. The highest BCUT2D eigenvalue weighted by molar-refractivity contribution is 7.89. The highest BCUT2D eigenvalue weighted by Crippen LogP contribution is 2.18. The highest BCUT2D eigenvalue weighted by atomic mass is 32.2. The number of quaternary nitrogens is 1. The summed E-state index contributed by atoms with van der Waals surface area (Å²) >= 11 is 0. The Morgan fingerprint density at radius 3 is 2.65 bits per heavy atom. The van der Waals surface area contributed by atoms with E-state index < -0.39 is 20.7 Å². The van der Waals surface area contributed by atoms with E-state index in [2.05, 4.69) is 0 Å². The van der Waals surface area contributed by atoms with Crippen LogP contribution in [0.3, 0.4) is 0 Å². The summed E-state index contributed by atoms with van der Waals surface area (Å²) in [5.74, 6) is -0.995. The topological polar surface area (TPSA) is 96.9 Å². The van der Waals surface area contributed by atoms with E-state index in [1.54, 1.807) is 0 Å². The van der Waals surface area contributed by atoms with Gasteiger partial charge in [0.25, 0.3) is 0 Å². The number of rotatable bonds is 2. The van der Waals surface area contributed by atoms with Gasteiger partial charge in [-0.1, -0.05) is 0 Å². The number of hydrogen-bond acceptors (Lipinski definition) is 4. The summed E-state index contributed by atoms with van der Waals surface area (Å²) in [5.41, 5.74) is 0.474. The molecule has 0 fully saturated rings. The molecule has 1 aromatic carbocycles. The van der Waals surface area contributed by atoms with Crippen LogP contribution in [0, 0.1) is 11.0 Å². The van der Waals surface area contributed by atoms with Crippen molar-refractivity contribution in [2.24, 2.45) is 5.14 Å². The molecular weight excluding hydrogens is 251 g/mol. The highest BCUT2D eigenvalue weighted by Gasteiger charge is 2.20. The van der Waals surface area contributed by atoms with E-state index in [0.717, 1.165) is 12.1 Å². The number of benzene rings is 1. The third-order valence-corrected chi connectivity index (χ3v) is 3.21. The lowest BCUT2D eigenvalue weighted by molar-refractivity contribution is -0.781. The maximum Gasteiger partial charge on any atom is 0.240 e. The van der Waals surface area contributed by atoms with Crippen LogP contribution in [0.5, 0.6) is 0 Å². The normalized spacial score (nSPS) is 19.9. The number of nitrogens with two attached hydrogens (primary N) is 1. The fourth-order valence-electron chi connectivity index (χ4n) is 1.47. The van der Waals surface area contributed by atoms with E-state index in [1.165, 1.54) is 12.3 Å². The molecule has 1 aliphatic rings. The fourth-order valence-corrected chi connectivity index (χ4v) is 2.06. The molecule has 0 spiro atoms. The van der Waals surface area contributed by atoms with Crippen molar-refractivity contribution in [3.8, 4) is 0 Å². The molecule has 2 rings (SSSR count). The van der Waals surface area contributed by atoms with Crippen LogP contribution >= 0.6 is 0 Å². The van der Waals surface area contributed by atoms with Crippen LogP contribution in [-0.2, 0) is 14.8 Å². The first kappa shape index (κ1) is 12.0. The molecule has 92 valence electrons. The van der Waals surface area contributed by atoms with Crippen molar-refractivity contribution in [2.45, 2.75) is 4.90 Å².